The predicted octanol–water partition coefficient (Wildman–Crippen LogP) is 1.58. The highest BCUT2D eigenvalue weighted by molar-refractivity contribution is 5.84. The SMILES string of the molecule is O=C(Cn1ccc2c(F)cccc21)N1CCN2CCN(C(=O)Cn3nnc4ccccc43)C[C@@H]2C1. The number of halogens is 1. The van der Waals surface area contributed by atoms with E-state index in [9.17, 15) is 14.0 Å². The van der Waals surface area contributed by atoms with Gasteiger partial charge < -0.3 is 14.4 Å². The van der Waals surface area contributed by atoms with Crippen molar-refractivity contribution in [2.75, 3.05) is 39.3 Å². The lowest BCUT2D eigenvalue weighted by molar-refractivity contribution is -0.139. The normalized spacial score (nSPS) is 18.8. The van der Waals surface area contributed by atoms with Gasteiger partial charge in [-0.05, 0) is 30.3 Å². The van der Waals surface area contributed by atoms with Gasteiger partial charge in [0.05, 0.1) is 11.0 Å². The van der Waals surface area contributed by atoms with Crippen LogP contribution < -0.4 is 0 Å². The van der Waals surface area contributed by atoms with E-state index in [-0.39, 0.29) is 36.8 Å². The number of hydrogen-bond acceptors (Lipinski definition) is 5. The monoisotopic (exact) mass is 475 g/mol. The molecule has 0 aliphatic carbocycles. The topological polar surface area (TPSA) is 79.5 Å². The summed E-state index contributed by atoms with van der Waals surface area (Å²) in [4.78, 5) is 32.3. The third kappa shape index (κ3) is 4.03. The van der Waals surface area contributed by atoms with Crippen molar-refractivity contribution < 1.29 is 14.0 Å². The number of para-hydroxylation sites is 1. The Bertz CT molecular complexity index is 1410. The molecule has 4 heterocycles. The first-order chi connectivity index (χ1) is 17.1. The fourth-order valence-electron chi connectivity index (χ4n) is 5.24. The minimum absolute atomic E-state index is 0.00365. The van der Waals surface area contributed by atoms with Crippen LogP contribution in [-0.2, 0) is 22.7 Å². The quantitative estimate of drug-likeness (QED) is 0.448. The van der Waals surface area contributed by atoms with E-state index >= 15 is 0 Å². The van der Waals surface area contributed by atoms with Crippen LogP contribution in [0.4, 0.5) is 4.39 Å². The number of rotatable bonds is 4. The molecule has 2 fully saturated rings. The number of amides is 2. The fraction of sp³-hybridized carbons (Fsp3) is 0.360. The first-order valence-electron chi connectivity index (χ1n) is 11.9. The van der Waals surface area contributed by atoms with E-state index in [0.29, 0.717) is 37.1 Å². The van der Waals surface area contributed by atoms with Crippen LogP contribution in [-0.4, -0.2) is 91.4 Å². The second kappa shape index (κ2) is 8.77. The molecule has 4 aromatic rings. The summed E-state index contributed by atoms with van der Waals surface area (Å²) in [5.74, 6) is -0.276. The van der Waals surface area contributed by atoms with Crippen molar-refractivity contribution in [1.29, 1.82) is 0 Å². The maximum Gasteiger partial charge on any atom is 0.244 e. The molecule has 180 valence electrons. The third-order valence-electron chi connectivity index (χ3n) is 7.17. The molecule has 35 heavy (non-hydrogen) atoms. The molecular formula is C25H26FN7O2. The van der Waals surface area contributed by atoms with Crippen LogP contribution >= 0.6 is 0 Å². The molecule has 9 nitrogen and oxygen atoms in total. The summed E-state index contributed by atoms with van der Waals surface area (Å²) < 4.78 is 17.5. The smallest absolute Gasteiger partial charge is 0.244 e. The zero-order valence-corrected chi connectivity index (χ0v) is 19.3. The van der Waals surface area contributed by atoms with Gasteiger partial charge in [-0.1, -0.05) is 23.4 Å². The predicted molar refractivity (Wildman–Crippen MR) is 128 cm³/mol. The third-order valence-corrected chi connectivity index (χ3v) is 7.17. The summed E-state index contributed by atoms with van der Waals surface area (Å²) in [5.41, 5.74) is 2.32. The molecule has 6 rings (SSSR count). The van der Waals surface area contributed by atoms with Crippen molar-refractivity contribution in [3.63, 3.8) is 0 Å². The van der Waals surface area contributed by atoms with Crippen molar-refractivity contribution in [3.8, 4) is 0 Å². The highest BCUT2D eigenvalue weighted by atomic mass is 19.1. The summed E-state index contributed by atoms with van der Waals surface area (Å²) in [6.07, 6.45) is 1.76. The van der Waals surface area contributed by atoms with E-state index in [4.69, 9.17) is 0 Å². The van der Waals surface area contributed by atoms with Gasteiger partial charge in [0.25, 0.3) is 0 Å². The van der Waals surface area contributed by atoms with Gasteiger partial charge in [0.15, 0.2) is 0 Å². The molecule has 0 radical (unpaired) electrons. The number of fused-ring (bicyclic) bond motifs is 3. The maximum absolute atomic E-state index is 14.0. The fourth-order valence-corrected chi connectivity index (χ4v) is 5.24. The van der Waals surface area contributed by atoms with Crippen molar-refractivity contribution in [2.45, 2.75) is 19.1 Å². The minimum atomic E-state index is -0.284. The van der Waals surface area contributed by atoms with E-state index in [1.54, 1.807) is 27.6 Å². The Morgan fingerprint density at radius 1 is 0.857 bits per heavy atom. The van der Waals surface area contributed by atoms with E-state index in [0.717, 1.165) is 24.1 Å². The van der Waals surface area contributed by atoms with E-state index in [1.807, 2.05) is 40.1 Å². The molecule has 2 aromatic carbocycles. The van der Waals surface area contributed by atoms with Crippen LogP contribution in [0.25, 0.3) is 21.9 Å². The molecule has 0 spiro atoms. The molecule has 10 heteroatoms. The van der Waals surface area contributed by atoms with E-state index in [2.05, 4.69) is 15.2 Å². The Morgan fingerprint density at radius 3 is 2.37 bits per heavy atom. The average Bonchev–Trinajstić information content (AvgIpc) is 3.48. The van der Waals surface area contributed by atoms with Crippen LogP contribution in [0, 0.1) is 5.82 Å². The van der Waals surface area contributed by atoms with Crippen molar-refractivity contribution >= 4 is 33.8 Å². The first kappa shape index (κ1) is 21.7. The van der Waals surface area contributed by atoms with E-state index < -0.39 is 0 Å². The molecule has 2 saturated heterocycles. The van der Waals surface area contributed by atoms with Crippen LogP contribution in [0.15, 0.2) is 54.7 Å². The van der Waals surface area contributed by atoms with Gasteiger partial charge in [0.2, 0.25) is 11.8 Å². The van der Waals surface area contributed by atoms with Gasteiger partial charge in [-0.2, -0.15) is 0 Å². The molecule has 2 aliphatic rings. The summed E-state index contributed by atoms with van der Waals surface area (Å²) in [6, 6.07) is 14.3. The van der Waals surface area contributed by atoms with Gasteiger partial charge in [-0.3, -0.25) is 14.5 Å². The molecule has 0 N–H and O–H groups in total. The highest BCUT2D eigenvalue weighted by Gasteiger charge is 2.35. The number of aromatic nitrogens is 4. The molecule has 2 amide bonds. The second-order valence-electron chi connectivity index (χ2n) is 9.22. The molecule has 2 aliphatic heterocycles. The Labute approximate surface area is 201 Å². The molecule has 1 atom stereocenters. The van der Waals surface area contributed by atoms with E-state index in [1.165, 1.54) is 6.07 Å². The lowest BCUT2D eigenvalue weighted by Gasteiger charge is -2.47. The maximum atomic E-state index is 14.0. The Hall–Kier alpha value is -3.79. The number of carbonyl (C=O) groups excluding carboxylic acids is 2. The lowest BCUT2D eigenvalue weighted by atomic mass is 10.1. The van der Waals surface area contributed by atoms with Crippen molar-refractivity contribution in [2.24, 2.45) is 0 Å². The number of hydrogen-bond donors (Lipinski definition) is 0. The van der Waals surface area contributed by atoms with Gasteiger partial charge >= 0.3 is 0 Å². The summed E-state index contributed by atoms with van der Waals surface area (Å²) in [7, 11) is 0. The molecule has 2 aromatic heterocycles. The van der Waals surface area contributed by atoms with Gasteiger partial charge in [0, 0.05) is 56.9 Å². The summed E-state index contributed by atoms with van der Waals surface area (Å²) in [5, 5.41) is 8.79. The largest absolute Gasteiger partial charge is 0.338 e. The van der Waals surface area contributed by atoms with Crippen LogP contribution in [0.2, 0.25) is 0 Å². The standard InChI is InChI=1S/C25H26FN7O2/c26-20-4-3-7-22-19(20)8-9-30(22)16-24(34)31-12-10-29-11-13-32(15-18(29)14-31)25(35)17-33-23-6-2-1-5-21(23)27-28-33/h1-9,18H,10-17H2/t18-/m0/s1. The number of piperazine rings is 2. The van der Waals surface area contributed by atoms with Crippen molar-refractivity contribution in [1.82, 2.24) is 34.3 Å². The van der Waals surface area contributed by atoms with Crippen LogP contribution in [0.3, 0.4) is 0 Å². The molecule has 0 unspecified atom stereocenters. The average molecular weight is 476 g/mol. The first-order valence-corrected chi connectivity index (χ1v) is 11.9. The number of carbonyl (C=O) groups is 2. The van der Waals surface area contributed by atoms with Gasteiger partial charge in [-0.15, -0.1) is 5.10 Å². The minimum Gasteiger partial charge on any atom is -0.338 e. The van der Waals surface area contributed by atoms with Gasteiger partial charge in [0.1, 0.15) is 24.4 Å². The molecular weight excluding hydrogens is 449 g/mol. The second-order valence-corrected chi connectivity index (χ2v) is 9.22. The highest BCUT2D eigenvalue weighted by Crippen LogP contribution is 2.21. The zero-order valence-electron chi connectivity index (χ0n) is 19.3. The zero-order chi connectivity index (χ0) is 23.9. The van der Waals surface area contributed by atoms with Crippen molar-refractivity contribution in [3.05, 3.63) is 60.5 Å². The van der Waals surface area contributed by atoms with Crippen LogP contribution in [0.1, 0.15) is 0 Å². The summed E-state index contributed by atoms with van der Waals surface area (Å²) >= 11 is 0. The molecule has 0 bridgehead atoms. The lowest BCUT2D eigenvalue weighted by Crippen LogP contribution is -2.63. The Kier molecular flexibility index (Phi) is 5.44. The Balaban J connectivity index is 1.10. The Morgan fingerprint density at radius 2 is 1.57 bits per heavy atom. The number of nitrogens with zero attached hydrogens (tertiary/aromatic N) is 7. The number of benzene rings is 2. The summed E-state index contributed by atoms with van der Waals surface area (Å²) in [6.45, 7) is 4.36. The molecule has 0 saturated carbocycles. The van der Waals surface area contributed by atoms with Crippen LogP contribution in [0.5, 0.6) is 0 Å². The van der Waals surface area contributed by atoms with Gasteiger partial charge in [-0.25, -0.2) is 9.07 Å².